The minimum absolute atomic E-state index is 0.000821. The largest absolute Gasteiger partial charge is 0.481 e. The number of benzene rings is 1. The number of halogens is 3. The van der Waals surface area contributed by atoms with Crippen molar-refractivity contribution in [2.24, 2.45) is 0 Å². The van der Waals surface area contributed by atoms with E-state index >= 15 is 0 Å². The number of carbonyl (C=O) groups is 1. The van der Waals surface area contributed by atoms with E-state index in [-0.39, 0.29) is 17.2 Å². The number of aliphatic carboxylic acids is 1. The Balaban J connectivity index is 2.48. The number of nitrogens with one attached hydrogen (secondary N) is 2. The Kier molecular flexibility index (Phi) is 5.75. The van der Waals surface area contributed by atoms with Crippen LogP contribution in [0.3, 0.4) is 0 Å². The van der Waals surface area contributed by atoms with Crippen LogP contribution in [0.2, 0.25) is 0 Å². The normalized spacial score (nSPS) is 10.9. The van der Waals surface area contributed by atoms with Gasteiger partial charge in [0.25, 0.3) is 0 Å². The molecule has 1 aromatic carbocycles. The van der Waals surface area contributed by atoms with Crippen LogP contribution in [-0.2, 0) is 11.0 Å². The van der Waals surface area contributed by atoms with Crippen molar-refractivity contribution in [2.45, 2.75) is 19.0 Å². The Labute approximate surface area is 119 Å². The lowest BCUT2D eigenvalue weighted by molar-refractivity contribution is -0.138. The fourth-order valence-electron chi connectivity index (χ4n) is 1.39. The van der Waals surface area contributed by atoms with Gasteiger partial charge >= 0.3 is 12.1 Å². The van der Waals surface area contributed by atoms with Gasteiger partial charge in [0.05, 0.1) is 5.56 Å². The number of hydrogen-bond acceptors (Lipinski definition) is 2. The lowest BCUT2D eigenvalue weighted by Gasteiger charge is -2.12. The molecule has 0 fully saturated rings. The maximum absolute atomic E-state index is 12.5. The first-order valence-electron chi connectivity index (χ1n) is 5.73. The zero-order valence-corrected chi connectivity index (χ0v) is 11.1. The molecule has 1 aromatic rings. The highest BCUT2D eigenvalue weighted by molar-refractivity contribution is 7.80. The molecule has 0 aromatic heterocycles. The first kappa shape index (κ1) is 16.2. The molecule has 0 bridgehead atoms. The first-order valence-corrected chi connectivity index (χ1v) is 6.14. The molecule has 1 rings (SSSR count). The zero-order valence-electron chi connectivity index (χ0n) is 10.3. The van der Waals surface area contributed by atoms with Crippen molar-refractivity contribution in [3.63, 3.8) is 0 Å². The summed E-state index contributed by atoms with van der Waals surface area (Å²) in [6.07, 6.45) is -4.03. The van der Waals surface area contributed by atoms with E-state index in [1.807, 2.05) is 0 Å². The number of carboxylic acids is 1. The van der Waals surface area contributed by atoms with E-state index in [4.69, 9.17) is 17.3 Å². The second-order valence-electron chi connectivity index (χ2n) is 3.96. The third-order valence-corrected chi connectivity index (χ3v) is 2.55. The fraction of sp³-hybridized carbons (Fsp3) is 0.333. The minimum atomic E-state index is -4.41. The lowest BCUT2D eigenvalue weighted by atomic mass is 10.2. The summed E-state index contributed by atoms with van der Waals surface area (Å²) in [5, 5.41) is 13.9. The quantitative estimate of drug-likeness (QED) is 0.577. The van der Waals surface area contributed by atoms with Crippen LogP contribution in [0.15, 0.2) is 24.3 Å². The predicted octanol–water partition coefficient (Wildman–Crippen LogP) is 2.86. The van der Waals surface area contributed by atoms with Gasteiger partial charge in [-0.1, -0.05) is 6.07 Å². The van der Waals surface area contributed by atoms with Gasteiger partial charge in [0.15, 0.2) is 5.11 Å². The number of alkyl halides is 3. The van der Waals surface area contributed by atoms with Crippen LogP contribution in [-0.4, -0.2) is 22.7 Å². The van der Waals surface area contributed by atoms with Gasteiger partial charge in [0, 0.05) is 18.7 Å². The predicted molar refractivity (Wildman–Crippen MR) is 72.5 cm³/mol. The Morgan fingerprint density at radius 2 is 2.05 bits per heavy atom. The molecule has 3 N–H and O–H groups in total. The van der Waals surface area contributed by atoms with Crippen LogP contribution in [0.25, 0.3) is 0 Å². The number of hydrogen-bond donors (Lipinski definition) is 3. The molecule has 0 amide bonds. The van der Waals surface area contributed by atoms with Gasteiger partial charge < -0.3 is 15.7 Å². The molecular formula is C12H13F3N2O2S. The molecule has 0 aliphatic heterocycles. The topological polar surface area (TPSA) is 61.4 Å². The minimum Gasteiger partial charge on any atom is -0.481 e. The third kappa shape index (κ3) is 5.87. The Morgan fingerprint density at radius 1 is 1.35 bits per heavy atom. The Bertz CT molecular complexity index is 492. The van der Waals surface area contributed by atoms with Crippen molar-refractivity contribution in [2.75, 3.05) is 11.9 Å². The molecule has 0 radical (unpaired) electrons. The van der Waals surface area contributed by atoms with Crippen molar-refractivity contribution in [1.82, 2.24) is 5.32 Å². The van der Waals surface area contributed by atoms with E-state index in [0.29, 0.717) is 13.0 Å². The van der Waals surface area contributed by atoms with Crippen LogP contribution in [0.5, 0.6) is 0 Å². The summed E-state index contributed by atoms with van der Waals surface area (Å²) in [6.45, 7) is 0.330. The molecule has 8 heteroatoms. The van der Waals surface area contributed by atoms with Crippen molar-refractivity contribution in [1.29, 1.82) is 0 Å². The van der Waals surface area contributed by atoms with E-state index < -0.39 is 17.7 Å². The van der Waals surface area contributed by atoms with Crippen LogP contribution < -0.4 is 10.6 Å². The monoisotopic (exact) mass is 306 g/mol. The van der Waals surface area contributed by atoms with E-state index in [0.717, 1.165) is 12.1 Å². The molecule has 4 nitrogen and oxygen atoms in total. The molecule has 0 heterocycles. The number of anilines is 1. The van der Waals surface area contributed by atoms with E-state index in [1.165, 1.54) is 12.1 Å². The number of carboxylic acid groups (broad SMARTS) is 1. The highest BCUT2D eigenvalue weighted by atomic mass is 32.1. The average Bonchev–Trinajstić information content (AvgIpc) is 2.34. The maximum atomic E-state index is 12.5. The van der Waals surface area contributed by atoms with Crippen molar-refractivity contribution in [3.05, 3.63) is 29.8 Å². The molecule has 0 unspecified atom stereocenters. The summed E-state index contributed by atoms with van der Waals surface area (Å²) in [6, 6.07) is 4.65. The molecule has 0 spiro atoms. The van der Waals surface area contributed by atoms with Crippen LogP contribution in [0.4, 0.5) is 18.9 Å². The van der Waals surface area contributed by atoms with Crippen LogP contribution in [0, 0.1) is 0 Å². The number of thiocarbonyl (C=S) groups is 1. The molecule has 0 aliphatic rings. The molecule has 20 heavy (non-hydrogen) atoms. The Hall–Kier alpha value is -1.83. The summed E-state index contributed by atoms with van der Waals surface area (Å²) in [4.78, 5) is 10.3. The summed E-state index contributed by atoms with van der Waals surface area (Å²) in [5.41, 5.74) is -0.549. The average molecular weight is 306 g/mol. The Morgan fingerprint density at radius 3 is 2.65 bits per heavy atom. The van der Waals surface area contributed by atoms with Crippen LogP contribution in [0.1, 0.15) is 18.4 Å². The summed E-state index contributed by atoms with van der Waals surface area (Å²) in [7, 11) is 0. The second-order valence-corrected chi connectivity index (χ2v) is 4.37. The molecule has 0 saturated heterocycles. The molecule has 0 atom stereocenters. The number of rotatable bonds is 5. The zero-order chi connectivity index (χ0) is 15.2. The van der Waals surface area contributed by atoms with Gasteiger partial charge in [0.1, 0.15) is 0 Å². The van der Waals surface area contributed by atoms with E-state index in [9.17, 15) is 18.0 Å². The van der Waals surface area contributed by atoms with Gasteiger partial charge in [-0.25, -0.2) is 0 Å². The molecular weight excluding hydrogens is 293 g/mol. The van der Waals surface area contributed by atoms with Crippen molar-refractivity contribution in [3.8, 4) is 0 Å². The maximum Gasteiger partial charge on any atom is 0.416 e. The summed E-state index contributed by atoms with van der Waals surface area (Å²) < 4.78 is 37.5. The van der Waals surface area contributed by atoms with Gasteiger partial charge in [-0.2, -0.15) is 13.2 Å². The summed E-state index contributed by atoms with van der Waals surface area (Å²) >= 11 is 4.90. The first-order chi connectivity index (χ1) is 9.29. The standard InChI is InChI=1S/C12H13F3N2O2S/c13-12(14,15)8-3-1-4-9(7-8)17-11(20)16-6-2-5-10(18)19/h1,3-4,7H,2,5-6H2,(H,18,19)(H2,16,17,20). The summed E-state index contributed by atoms with van der Waals surface area (Å²) in [5.74, 6) is -0.913. The van der Waals surface area contributed by atoms with Gasteiger partial charge in [-0.05, 0) is 36.8 Å². The van der Waals surface area contributed by atoms with Gasteiger partial charge in [-0.15, -0.1) is 0 Å². The van der Waals surface area contributed by atoms with Gasteiger partial charge in [-0.3, -0.25) is 4.79 Å². The van der Waals surface area contributed by atoms with Crippen molar-refractivity contribution >= 4 is 29.0 Å². The SMILES string of the molecule is O=C(O)CCCNC(=S)Nc1cccc(C(F)(F)F)c1. The third-order valence-electron chi connectivity index (χ3n) is 2.30. The smallest absolute Gasteiger partial charge is 0.416 e. The highest BCUT2D eigenvalue weighted by Crippen LogP contribution is 2.30. The van der Waals surface area contributed by atoms with Crippen molar-refractivity contribution < 1.29 is 23.1 Å². The van der Waals surface area contributed by atoms with E-state index in [2.05, 4.69) is 10.6 Å². The van der Waals surface area contributed by atoms with Crippen LogP contribution >= 0.6 is 12.2 Å². The lowest BCUT2D eigenvalue weighted by Crippen LogP contribution is -2.29. The molecule has 0 saturated carbocycles. The molecule has 0 aliphatic carbocycles. The van der Waals surface area contributed by atoms with E-state index in [1.54, 1.807) is 0 Å². The van der Waals surface area contributed by atoms with Gasteiger partial charge in [0.2, 0.25) is 0 Å². The molecule has 110 valence electrons. The second kappa shape index (κ2) is 7.09. The highest BCUT2D eigenvalue weighted by Gasteiger charge is 2.30. The fourth-order valence-corrected chi connectivity index (χ4v) is 1.61.